The van der Waals surface area contributed by atoms with Crippen LogP contribution in [-0.2, 0) is 6.18 Å². The lowest BCUT2D eigenvalue weighted by atomic mass is 10.2. The zero-order valence-corrected chi connectivity index (χ0v) is 11.7. The lowest BCUT2D eigenvalue weighted by Crippen LogP contribution is -2.16. The van der Waals surface area contributed by atoms with Gasteiger partial charge >= 0.3 is 6.18 Å². The quantitative estimate of drug-likeness (QED) is 0.671. The zero-order valence-electron chi connectivity index (χ0n) is 10.0. The van der Waals surface area contributed by atoms with Crippen LogP contribution >= 0.6 is 23.1 Å². The summed E-state index contributed by atoms with van der Waals surface area (Å²) in [6.45, 7) is 1.73. The van der Waals surface area contributed by atoms with E-state index >= 15 is 0 Å². The Morgan fingerprint density at radius 2 is 2.05 bits per heavy atom. The van der Waals surface area contributed by atoms with Gasteiger partial charge in [0.05, 0.1) is 0 Å². The molecule has 0 saturated heterocycles. The number of aryl methyl sites for hydroxylation is 1. The van der Waals surface area contributed by atoms with E-state index in [1.54, 1.807) is 6.92 Å². The van der Waals surface area contributed by atoms with Crippen LogP contribution in [-0.4, -0.2) is 21.0 Å². The van der Waals surface area contributed by atoms with Crippen molar-refractivity contribution < 1.29 is 13.2 Å². The fourth-order valence-corrected chi connectivity index (χ4v) is 3.14. The van der Waals surface area contributed by atoms with E-state index in [-0.39, 0.29) is 16.4 Å². The Bertz CT molecular complexity index is 653. The van der Waals surface area contributed by atoms with E-state index in [1.165, 1.54) is 11.3 Å². The molecule has 106 valence electrons. The molecule has 10 heteroatoms. The number of pyridine rings is 1. The van der Waals surface area contributed by atoms with Crippen LogP contribution < -0.4 is 5.73 Å². The van der Waals surface area contributed by atoms with Crippen molar-refractivity contribution in [3.8, 4) is 0 Å². The highest BCUT2D eigenvalue weighted by Gasteiger charge is 2.33. The number of hydrogen-bond acceptors (Lipinski definition) is 6. The molecule has 0 fully saturated rings. The molecule has 20 heavy (non-hydrogen) atoms. The smallest absolute Gasteiger partial charge is 0.384 e. The number of nitrogens with zero attached hydrogens (tertiary/aromatic N) is 3. The SMILES string of the molecule is Cc1nnc(Sc2nc(C(F)(F)F)ccc2C(=N)N)s1. The Morgan fingerprint density at radius 1 is 1.35 bits per heavy atom. The van der Waals surface area contributed by atoms with Gasteiger partial charge in [0.1, 0.15) is 21.6 Å². The maximum absolute atomic E-state index is 12.7. The molecule has 0 aliphatic carbocycles. The van der Waals surface area contributed by atoms with Gasteiger partial charge in [0.2, 0.25) is 0 Å². The second-order valence-corrected chi connectivity index (χ2v) is 6.07. The first kappa shape index (κ1) is 14.7. The lowest BCUT2D eigenvalue weighted by molar-refractivity contribution is -0.141. The fourth-order valence-electron chi connectivity index (χ4n) is 1.28. The molecule has 0 radical (unpaired) electrons. The van der Waals surface area contributed by atoms with E-state index in [0.29, 0.717) is 9.35 Å². The Kier molecular flexibility index (Phi) is 3.95. The minimum absolute atomic E-state index is 0.0107. The van der Waals surface area contributed by atoms with Gasteiger partial charge in [-0.2, -0.15) is 13.2 Å². The fraction of sp³-hybridized carbons (Fsp3) is 0.200. The van der Waals surface area contributed by atoms with Crippen LogP contribution in [0.2, 0.25) is 0 Å². The number of alkyl halides is 3. The summed E-state index contributed by atoms with van der Waals surface area (Å²) in [5.74, 6) is -0.352. The number of amidine groups is 1. The molecule has 0 bridgehead atoms. The molecule has 0 aromatic carbocycles. The average Bonchev–Trinajstić information content (AvgIpc) is 2.73. The van der Waals surface area contributed by atoms with Crippen molar-refractivity contribution in [1.82, 2.24) is 15.2 Å². The molecule has 3 N–H and O–H groups in total. The highest BCUT2D eigenvalue weighted by Crippen LogP contribution is 2.34. The Labute approximate surface area is 119 Å². The van der Waals surface area contributed by atoms with E-state index in [9.17, 15) is 13.2 Å². The largest absolute Gasteiger partial charge is 0.433 e. The number of nitrogen functional groups attached to an aromatic ring is 1. The van der Waals surface area contributed by atoms with Crippen LogP contribution in [0, 0.1) is 12.3 Å². The second kappa shape index (κ2) is 5.37. The predicted molar refractivity (Wildman–Crippen MR) is 69.0 cm³/mol. The number of nitrogens with one attached hydrogen (secondary N) is 1. The minimum atomic E-state index is -4.55. The first-order chi connectivity index (χ1) is 9.27. The normalized spacial score (nSPS) is 11.6. The van der Waals surface area contributed by atoms with E-state index in [0.717, 1.165) is 23.9 Å². The molecule has 0 amide bonds. The van der Waals surface area contributed by atoms with Crippen LogP contribution in [0.4, 0.5) is 13.2 Å². The van der Waals surface area contributed by atoms with Gasteiger partial charge in [-0.25, -0.2) is 4.98 Å². The van der Waals surface area contributed by atoms with Crippen molar-refractivity contribution in [3.63, 3.8) is 0 Å². The van der Waals surface area contributed by atoms with Gasteiger partial charge in [-0.05, 0) is 30.8 Å². The molecule has 2 heterocycles. The number of aromatic nitrogens is 3. The lowest BCUT2D eigenvalue weighted by Gasteiger charge is -2.10. The van der Waals surface area contributed by atoms with Gasteiger partial charge in [0, 0.05) is 5.56 Å². The predicted octanol–water partition coefficient (Wildman–Crippen LogP) is 2.70. The molecule has 2 aromatic rings. The van der Waals surface area contributed by atoms with Gasteiger partial charge in [0.15, 0.2) is 4.34 Å². The molecule has 0 spiro atoms. The van der Waals surface area contributed by atoms with Gasteiger partial charge in [0.25, 0.3) is 0 Å². The van der Waals surface area contributed by atoms with E-state index < -0.39 is 11.9 Å². The van der Waals surface area contributed by atoms with Gasteiger partial charge in [-0.15, -0.1) is 10.2 Å². The maximum Gasteiger partial charge on any atom is 0.433 e. The van der Waals surface area contributed by atoms with E-state index in [1.807, 2.05) is 0 Å². The summed E-state index contributed by atoms with van der Waals surface area (Å²) < 4.78 is 38.4. The number of nitrogens with two attached hydrogens (primary N) is 1. The van der Waals surface area contributed by atoms with Crippen molar-refractivity contribution in [2.24, 2.45) is 5.73 Å². The molecule has 5 nitrogen and oxygen atoms in total. The zero-order chi connectivity index (χ0) is 14.9. The minimum Gasteiger partial charge on any atom is -0.384 e. The van der Waals surface area contributed by atoms with Crippen molar-refractivity contribution >= 4 is 28.9 Å². The molecule has 0 atom stereocenters. The van der Waals surface area contributed by atoms with E-state index in [2.05, 4.69) is 15.2 Å². The summed E-state index contributed by atoms with van der Waals surface area (Å²) in [6.07, 6.45) is -4.55. The first-order valence-corrected chi connectivity index (χ1v) is 6.81. The van der Waals surface area contributed by atoms with Crippen LogP contribution in [0.3, 0.4) is 0 Å². The highest BCUT2D eigenvalue weighted by atomic mass is 32.2. The van der Waals surface area contributed by atoms with Gasteiger partial charge in [-0.1, -0.05) is 11.3 Å². The Hall–Kier alpha value is -1.68. The summed E-state index contributed by atoms with van der Waals surface area (Å²) >= 11 is 2.13. The molecule has 2 rings (SSSR count). The molecular weight excluding hydrogens is 311 g/mol. The summed E-state index contributed by atoms with van der Waals surface area (Å²) in [5.41, 5.74) is 4.45. The van der Waals surface area contributed by atoms with Crippen LogP contribution in [0.25, 0.3) is 0 Å². The molecule has 0 aliphatic heterocycles. The molecule has 2 aromatic heterocycles. The Morgan fingerprint density at radius 3 is 2.55 bits per heavy atom. The molecular formula is C10H8F3N5S2. The van der Waals surface area contributed by atoms with Crippen molar-refractivity contribution in [3.05, 3.63) is 28.4 Å². The molecule has 0 saturated carbocycles. The maximum atomic E-state index is 12.7. The summed E-state index contributed by atoms with van der Waals surface area (Å²) in [6, 6.07) is 1.93. The van der Waals surface area contributed by atoms with Crippen molar-refractivity contribution in [1.29, 1.82) is 5.41 Å². The summed E-state index contributed by atoms with van der Waals surface area (Å²) in [4.78, 5) is 3.53. The van der Waals surface area contributed by atoms with Crippen LogP contribution in [0.5, 0.6) is 0 Å². The Balaban J connectivity index is 2.44. The topological polar surface area (TPSA) is 88.5 Å². The molecule has 0 aliphatic rings. The van der Waals surface area contributed by atoms with Crippen LogP contribution in [0.1, 0.15) is 16.3 Å². The summed E-state index contributed by atoms with van der Waals surface area (Å²) in [7, 11) is 0. The van der Waals surface area contributed by atoms with Gasteiger partial charge in [-0.3, -0.25) is 5.41 Å². The third kappa shape index (κ3) is 3.25. The summed E-state index contributed by atoms with van der Waals surface area (Å²) in [5, 5.41) is 15.6. The monoisotopic (exact) mass is 319 g/mol. The molecule has 0 unspecified atom stereocenters. The second-order valence-electron chi connectivity index (χ2n) is 3.65. The van der Waals surface area contributed by atoms with Crippen LogP contribution in [0.15, 0.2) is 21.5 Å². The third-order valence-electron chi connectivity index (χ3n) is 2.13. The van der Waals surface area contributed by atoms with Crippen molar-refractivity contribution in [2.45, 2.75) is 22.5 Å². The number of rotatable bonds is 3. The van der Waals surface area contributed by atoms with Crippen molar-refractivity contribution in [2.75, 3.05) is 0 Å². The standard InChI is InChI=1S/C10H8F3N5S2/c1-4-17-18-9(19-4)20-8-5(7(14)15)2-3-6(16-8)10(11,12)13/h2-3H,1H3,(H3,14,15). The average molecular weight is 319 g/mol. The van der Waals surface area contributed by atoms with E-state index in [4.69, 9.17) is 11.1 Å². The highest BCUT2D eigenvalue weighted by molar-refractivity contribution is 8.01. The van der Waals surface area contributed by atoms with Gasteiger partial charge < -0.3 is 5.73 Å². The third-order valence-corrected chi connectivity index (χ3v) is 4.03. The first-order valence-electron chi connectivity index (χ1n) is 5.18. The number of halogens is 3. The number of hydrogen-bond donors (Lipinski definition) is 2.